The van der Waals surface area contributed by atoms with Crippen LogP contribution in [0.25, 0.3) is 10.8 Å². The maximum Gasteiger partial charge on any atom is 0.431 e. The zero-order valence-electron chi connectivity index (χ0n) is 26.2. The molecule has 46 heavy (non-hydrogen) atoms. The molecule has 242 valence electrons. The van der Waals surface area contributed by atoms with Crippen LogP contribution in [-0.4, -0.2) is 61.5 Å². The summed E-state index contributed by atoms with van der Waals surface area (Å²) in [7, 11) is 0. The summed E-state index contributed by atoms with van der Waals surface area (Å²) in [5.74, 6) is -0.903. The second kappa shape index (κ2) is 18.3. The molecule has 0 spiro atoms. The lowest BCUT2D eigenvalue weighted by Gasteiger charge is -2.31. The second-order valence-electron chi connectivity index (χ2n) is 10.5. The Morgan fingerprint density at radius 2 is 1.37 bits per heavy atom. The predicted molar refractivity (Wildman–Crippen MR) is 174 cm³/mol. The lowest BCUT2D eigenvalue weighted by molar-refractivity contribution is -0.161. The lowest BCUT2D eigenvalue weighted by Crippen LogP contribution is -2.52. The van der Waals surface area contributed by atoms with Gasteiger partial charge in [0.1, 0.15) is 12.6 Å². The van der Waals surface area contributed by atoms with Crippen LogP contribution >= 0.6 is 0 Å². The number of benzene rings is 4. The Bertz CT molecular complexity index is 1530. The number of carbonyl (C=O) groups is 3. The van der Waals surface area contributed by atoms with E-state index >= 15 is 0 Å². The van der Waals surface area contributed by atoms with Gasteiger partial charge in [-0.3, -0.25) is 14.4 Å². The molecule has 4 aromatic rings. The van der Waals surface area contributed by atoms with E-state index in [1.165, 1.54) is 0 Å². The molecule has 0 aliphatic carbocycles. The summed E-state index contributed by atoms with van der Waals surface area (Å²) in [6, 6.07) is 31.7. The fraction of sp³-hybridized carbons (Fsp3) is 0.306. The molecular weight excluding hydrogens is 586 g/mol. The van der Waals surface area contributed by atoms with Gasteiger partial charge in [-0.25, -0.2) is 4.79 Å². The van der Waals surface area contributed by atoms with Gasteiger partial charge in [-0.05, 0) is 47.4 Å². The van der Waals surface area contributed by atoms with Gasteiger partial charge < -0.3 is 24.4 Å². The third-order valence-corrected chi connectivity index (χ3v) is 7.06. The van der Waals surface area contributed by atoms with E-state index in [0.717, 1.165) is 27.5 Å². The lowest BCUT2D eigenvalue weighted by atomic mass is 10.0. The van der Waals surface area contributed by atoms with Crippen molar-refractivity contribution in [3.05, 3.63) is 120 Å². The number of fused-ring (bicyclic) bond motifs is 1. The summed E-state index contributed by atoms with van der Waals surface area (Å²) in [6.07, 6.45) is -1.25. The molecule has 0 saturated carbocycles. The Hall–Kier alpha value is -4.77. The van der Waals surface area contributed by atoms with E-state index in [-0.39, 0.29) is 32.0 Å². The molecule has 4 rings (SSSR count). The van der Waals surface area contributed by atoms with Crippen molar-refractivity contribution in [1.82, 2.24) is 15.7 Å². The third-order valence-electron chi connectivity index (χ3n) is 7.06. The summed E-state index contributed by atoms with van der Waals surface area (Å²) in [4.78, 5) is 46.1. The maximum atomic E-state index is 14.3. The molecule has 10 heteroatoms. The topological polar surface area (TPSA) is 115 Å². The monoisotopic (exact) mass is 627 g/mol. The number of ether oxygens (including phenoxy) is 3. The van der Waals surface area contributed by atoms with Crippen molar-refractivity contribution in [3.63, 3.8) is 0 Å². The molecule has 0 aliphatic rings. The summed E-state index contributed by atoms with van der Waals surface area (Å²) in [5.41, 5.74) is 4.70. The van der Waals surface area contributed by atoms with E-state index in [2.05, 4.69) is 10.8 Å². The first-order valence-electron chi connectivity index (χ1n) is 15.4. The number of hydrogen-bond acceptors (Lipinski definition) is 7. The van der Waals surface area contributed by atoms with Crippen molar-refractivity contribution in [3.8, 4) is 0 Å². The van der Waals surface area contributed by atoms with E-state index < -0.39 is 30.9 Å². The zero-order chi connectivity index (χ0) is 32.6. The number of hydrogen-bond donors (Lipinski definition) is 2. The Labute approximate surface area is 269 Å². The highest BCUT2D eigenvalue weighted by Crippen LogP contribution is 2.19. The van der Waals surface area contributed by atoms with Crippen LogP contribution in [0.15, 0.2) is 103 Å². The summed E-state index contributed by atoms with van der Waals surface area (Å²) < 4.78 is 16.7. The molecule has 0 bridgehead atoms. The van der Waals surface area contributed by atoms with Gasteiger partial charge in [0.2, 0.25) is 11.8 Å². The van der Waals surface area contributed by atoms with Crippen molar-refractivity contribution in [2.24, 2.45) is 0 Å². The van der Waals surface area contributed by atoms with E-state index in [1.807, 2.05) is 117 Å². The largest absolute Gasteiger partial charge is 0.443 e. The Morgan fingerprint density at radius 1 is 0.739 bits per heavy atom. The third kappa shape index (κ3) is 11.0. The predicted octanol–water partition coefficient (Wildman–Crippen LogP) is 5.15. The number of hydroxylamine groups is 1. The van der Waals surface area contributed by atoms with Crippen LogP contribution < -0.4 is 10.8 Å². The van der Waals surface area contributed by atoms with Gasteiger partial charge >= 0.3 is 6.09 Å². The minimum absolute atomic E-state index is 0.0490. The normalized spacial score (nSPS) is 11.6. The molecule has 4 aromatic carbocycles. The number of nitrogens with one attached hydrogen (secondary N) is 2. The standard InChI is InChI=1S/C36H41N3O7/c1-3-43-34(44-4-2)24-39(23-29-19-20-30-17-11-12-18-31(30)21-29)35(41)32(22-27-13-7-5-8-14-27)37-33(40)26-46-38-36(42)45-25-28-15-9-6-10-16-28/h5-21,32,34H,3-4,22-26H2,1-2H3,(H,37,40)(H,38,42). The van der Waals surface area contributed by atoms with Gasteiger partial charge in [0, 0.05) is 26.2 Å². The number of amides is 3. The average molecular weight is 628 g/mol. The van der Waals surface area contributed by atoms with Crippen molar-refractivity contribution in [2.45, 2.75) is 45.8 Å². The van der Waals surface area contributed by atoms with Crippen molar-refractivity contribution >= 4 is 28.7 Å². The molecule has 3 amide bonds. The Morgan fingerprint density at radius 3 is 2.04 bits per heavy atom. The molecular formula is C36H41N3O7. The summed E-state index contributed by atoms with van der Waals surface area (Å²) in [5, 5.41) is 4.95. The minimum Gasteiger partial charge on any atom is -0.443 e. The highest BCUT2D eigenvalue weighted by atomic mass is 16.7. The first kappa shape index (κ1) is 34.1. The van der Waals surface area contributed by atoms with Gasteiger partial charge in [0.05, 0.1) is 6.54 Å². The second-order valence-corrected chi connectivity index (χ2v) is 10.5. The fourth-order valence-corrected chi connectivity index (χ4v) is 4.91. The Balaban J connectivity index is 1.47. The molecule has 0 aromatic heterocycles. The average Bonchev–Trinajstić information content (AvgIpc) is 3.07. The number of rotatable bonds is 17. The van der Waals surface area contributed by atoms with Crippen molar-refractivity contribution < 1.29 is 33.4 Å². The molecule has 1 unspecified atom stereocenters. The molecule has 0 fully saturated rings. The quantitative estimate of drug-likeness (QED) is 0.123. The van der Waals surface area contributed by atoms with Crippen LogP contribution in [0.1, 0.15) is 30.5 Å². The van der Waals surface area contributed by atoms with Gasteiger partial charge in [-0.1, -0.05) is 97.1 Å². The summed E-state index contributed by atoms with van der Waals surface area (Å²) in [6.45, 7) is 4.50. The van der Waals surface area contributed by atoms with Gasteiger partial charge in [0.15, 0.2) is 12.9 Å². The first-order valence-corrected chi connectivity index (χ1v) is 15.4. The highest BCUT2D eigenvalue weighted by Gasteiger charge is 2.29. The van der Waals surface area contributed by atoms with Crippen LogP contribution in [-0.2, 0) is 48.2 Å². The van der Waals surface area contributed by atoms with E-state index in [0.29, 0.717) is 13.2 Å². The highest BCUT2D eigenvalue weighted by molar-refractivity contribution is 5.89. The Kier molecular flexibility index (Phi) is 13.5. The van der Waals surface area contributed by atoms with Crippen LogP contribution in [0.3, 0.4) is 0 Å². The fourth-order valence-electron chi connectivity index (χ4n) is 4.91. The number of nitrogens with zero attached hydrogens (tertiary/aromatic N) is 1. The molecule has 0 heterocycles. The zero-order valence-corrected chi connectivity index (χ0v) is 26.2. The molecule has 10 nitrogen and oxygen atoms in total. The van der Waals surface area contributed by atoms with Crippen molar-refractivity contribution in [2.75, 3.05) is 26.4 Å². The van der Waals surface area contributed by atoms with Gasteiger partial charge in [-0.2, -0.15) is 5.48 Å². The smallest absolute Gasteiger partial charge is 0.431 e. The van der Waals surface area contributed by atoms with Crippen LogP contribution in [0.5, 0.6) is 0 Å². The van der Waals surface area contributed by atoms with Gasteiger partial charge in [0.25, 0.3) is 0 Å². The van der Waals surface area contributed by atoms with Crippen LogP contribution in [0.2, 0.25) is 0 Å². The van der Waals surface area contributed by atoms with Crippen LogP contribution in [0, 0.1) is 0 Å². The van der Waals surface area contributed by atoms with E-state index in [4.69, 9.17) is 19.0 Å². The van der Waals surface area contributed by atoms with Gasteiger partial charge in [-0.15, -0.1) is 0 Å². The van der Waals surface area contributed by atoms with E-state index in [1.54, 1.807) is 4.90 Å². The van der Waals surface area contributed by atoms with Crippen LogP contribution in [0.4, 0.5) is 4.79 Å². The SMILES string of the molecule is CCOC(CN(Cc1ccc2ccccc2c1)C(=O)C(Cc1ccccc1)NC(=O)CONC(=O)OCc1ccccc1)OCC. The minimum atomic E-state index is -0.937. The molecule has 0 radical (unpaired) electrons. The molecule has 2 N–H and O–H groups in total. The van der Waals surface area contributed by atoms with E-state index in [9.17, 15) is 14.4 Å². The molecule has 0 aliphatic heterocycles. The number of carbonyl (C=O) groups excluding carboxylic acids is 3. The first-order chi connectivity index (χ1) is 22.4. The maximum absolute atomic E-state index is 14.3. The summed E-state index contributed by atoms with van der Waals surface area (Å²) >= 11 is 0. The van der Waals surface area contributed by atoms with Crippen molar-refractivity contribution in [1.29, 1.82) is 0 Å². The molecule has 1 atom stereocenters. The molecule has 0 saturated heterocycles.